The summed E-state index contributed by atoms with van der Waals surface area (Å²) in [5.74, 6) is -0.551. The van der Waals surface area contributed by atoms with Gasteiger partial charge in [0.1, 0.15) is 5.75 Å². The molecule has 0 spiro atoms. The Labute approximate surface area is 152 Å². The van der Waals surface area contributed by atoms with Gasteiger partial charge in [-0.05, 0) is 48.5 Å². The molecule has 0 saturated heterocycles. The Hall–Kier alpha value is -3.10. The van der Waals surface area contributed by atoms with Crippen LogP contribution in [0, 0.1) is 11.3 Å². The second-order valence-corrected chi connectivity index (χ2v) is 6.78. The first kappa shape index (κ1) is 20.2. The Bertz CT molecular complexity index is 950. The van der Waals surface area contributed by atoms with Gasteiger partial charge in [0, 0.05) is 0 Å². The number of nitriles is 1. The van der Waals surface area contributed by atoms with Crippen LogP contribution in [0.4, 0.5) is 13.2 Å². The van der Waals surface area contributed by atoms with Crippen LogP contribution < -0.4 is 15.0 Å². The topological polar surface area (TPSA) is 108 Å². The Morgan fingerprint density at radius 1 is 1.07 bits per heavy atom. The third-order valence-corrected chi connectivity index (χ3v) is 4.43. The van der Waals surface area contributed by atoms with Crippen molar-refractivity contribution in [3.05, 3.63) is 59.7 Å². The molecule has 0 heterocycles. The molecule has 0 aliphatic carbocycles. The molecule has 0 aromatic heterocycles. The lowest BCUT2D eigenvalue weighted by Gasteiger charge is -2.11. The fourth-order valence-corrected chi connectivity index (χ4v) is 2.68. The first-order chi connectivity index (χ1) is 12.6. The van der Waals surface area contributed by atoms with Crippen LogP contribution in [0.15, 0.2) is 53.4 Å². The largest absolute Gasteiger partial charge is 0.484 e. The van der Waals surface area contributed by atoms with E-state index in [1.165, 1.54) is 24.3 Å². The fraction of sp³-hybridized carbons (Fsp3) is 0.125. The molecular weight excluding hydrogens is 387 g/mol. The van der Waals surface area contributed by atoms with E-state index in [0.29, 0.717) is 17.7 Å². The predicted octanol–water partition coefficient (Wildman–Crippen LogP) is 1.97. The summed E-state index contributed by atoms with van der Waals surface area (Å²) in [6.07, 6.45) is -4.59. The molecule has 11 heteroatoms. The molecule has 0 saturated carbocycles. The van der Waals surface area contributed by atoms with E-state index < -0.39 is 39.2 Å². The quantitative estimate of drug-likeness (QED) is 0.722. The van der Waals surface area contributed by atoms with Crippen LogP contribution >= 0.6 is 0 Å². The van der Waals surface area contributed by atoms with Crippen LogP contribution in [-0.4, -0.2) is 20.9 Å². The molecule has 2 rings (SSSR count). The lowest BCUT2D eigenvalue weighted by molar-refractivity contribution is -0.137. The molecular formula is C16H12F3N3O4S. The number of hydrogen-bond acceptors (Lipinski definition) is 5. The number of halogens is 3. The van der Waals surface area contributed by atoms with Crippen molar-refractivity contribution in [2.75, 3.05) is 6.61 Å². The summed E-state index contributed by atoms with van der Waals surface area (Å²) in [5, 5.41) is 8.67. The number of carbonyl (C=O) groups excluding carboxylic acids is 1. The fourth-order valence-electron chi connectivity index (χ4n) is 1.82. The Morgan fingerprint density at radius 3 is 2.19 bits per heavy atom. The summed E-state index contributed by atoms with van der Waals surface area (Å²) in [7, 11) is -4.25. The molecule has 2 N–H and O–H groups in total. The van der Waals surface area contributed by atoms with Crippen molar-refractivity contribution in [3.63, 3.8) is 0 Å². The average molecular weight is 399 g/mol. The zero-order valence-corrected chi connectivity index (χ0v) is 14.3. The molecule has 0 aliphatic rings. The highest BCUT2D eigenvalue weighted by Gasteiger charge is 2.30. The van der Waals surface area contributed by atoms with Crippen LogP contribution in [0.2, 0.25) is 0 Å². The summed E-state index contributed by atoms with van der Waals surface area (Å²) < 4.78 is 66.5. The van der Waals surface area contributed by atoms with Gasteiger partial charge in [-0.3, -0.25) is 10.2 Å². The zero-order chi connectivity index (χ0) is 20.1. The van der Waals surface area contributed by atoms with E-state index in [9.17, 15) is 26.4 Å². The molecule has 0 bridgehead atoms. The van der Waals surface area contributed by atoms with Gasteiger partial charge in [0.05, 0.1) is 22.1 Å². The number of benzene rings is 2. The molecule has 0 atom stereocenters. The number of nitrogens with zero attached hydrogens (tertiary/aromatic N) is 1. The Balaban J connectivity index is 1.90. The summed E-state index contributed by atoms with van der Waals surface area (Å²) in [6, 6.07) is 10.5. The van der Waals surface area contributed by atoms with Gasteiger partial charge in [-0.15, -0.1) is 4.83 Å². The molecule has 2 aromatic rings. The van der Waals surface area contributed by atoms with E-state index in [0.717, 1.165) is 12.1 Å². The minimum atomic E-state index is -4.59. The normalized spacial score (nSPS) is 11.5. The monoisotopic (exact) mass is 399 g/mol. The van der Waals surface area contributed by atoms with E-state index in [4.69, 9.17) is 10.00 Å². The minimum Gasteiger partial charge on any atom is -0.484 e. The van der Waals surface area contributed by atoms with Crippen molar-refractivity contribution in [2.24, 2.45) is 0 Å². The summed E-state index contributed by atoms with van der Waals surface area (Å²) in [6.45, 7) is -0.526. The van der Waals surface area contributed by atoms with Crippen LogP contribution in [0.5, 0.6) is 5.75 Å². The molecule has 27 heavy (non-hydrogen) atoms. The highest BCUT2D eigenvalue weighted by molar-refractivity contribution is 7.89. The Kier molecular flexibility index (Phi) is 6.04. The number of alkyl halides is 3. The zero-order valence-electron chi connectivity index (χ0n) is 13.4. The molecule has 7 nitrogen and oxygen atoms in total. The van der Waals surface area contributed by atoms with Crippen molar-refractivity contribution in [1.29, 1.82) is 5.26 Å². The molecule has 0 unspecified atom stereocenters. The van der Waals surface area contributed by atoms with Crippen LogP contribution in [-0.2, 0) is 21.0 Å². The van der Waals surface area contributed by atoms with Crippen molar-refractivity contribution < 1.29 is 31.1 Å². The summed E-state index contributed by atoms with van der Waals surface area (Å²) in [4.78, 5) is 12.9. The highest BCUT2D eigenvalue weighted by atomic mass is 32.2. The number of nitrogens with one attached hydrogen (secondary N) is 2. The van der Waals surface area contributed by atoms with Gasteiger partial charge in [-0.1, -0.05) is 0 Å². The summed E-state index contributed by atoms with van der Waals surface area (Å²) >= 11 is 0. The highest BCUT2D eigenvalue weighted by Crippen LogP contribution is 2.29. The van der Waals surface area contributed by atoms with E-state index in [1.54, 1.807) is 4.83 Å². The lowest BCUT2D eigenvalue weighted by atomic mass is 10.2. The van der Waals surface area contributed by atoms with Gasteiger partial charge in [-0.25, -0.2) is 8.42 Å². The molecule has 0 fully saturated rings. The second-order valence-electron chi connectivity index (χ2n) is 5.10. The predicted molar refractivity (Wildman–Crippen MR) is 86.6 cm³/mol. The van der Waals surface area contributed by atoms with Crippen molar-refractivity contribution in [2.45, 2.75) is 11.1 Å². The molecule has 142 valence electrons. The van der Waals surface area contributed by atoms with E-state index in [2.05, 4.69) is 0 Å². The molecule has 0 aliphatic heterocycles. The number of hydrogen-bond donors (Lipinski definition) is 2. The smallest absolute Gasteiger partial charge is 0.416 e. The number of carbonyl (C=O) groups is 1. The standard InChI is InChI=1S/C16H12F3N3O4S/c17-16(18,19)12-3-7-14(8-4-12)27(24,25)22-21-15(23)10-26-13-5-1-11(9-20)2-6-13/h1-8,22H,10H2,(H,21,23). The van der Waals surface area contributed by atoms with Gasteiger partial charge in [0.25, 0.3) is 15.9 Å². The Morgan fingerprint density at radius 2 is 1.67 bits per heavy atom. The number of amides is 1. The van der Waals surface area contributed by atoms with E-state index in [-0.39, 0.29) is 5.75 Å². The van der Waals surface area contributed by atoms with E-state index >= 15 is 0 Å². The SMILES string of the molecule is N#Cc1ccc(OCC(=O)NNS(=O)(=O)c2ccc(C(F)(F)F)cc2)cc1. The number of hydrazine groups is 1. The number of ether oxygens (including phenoxy) is 1. The van der Waals surface area contributed by atoms with Gasteiger partial charge in [0.2, 0.25) is 0 Å². The maximum Gasteiger partial charge on any atom is 0.416 e. The average Bonchev–Trinajstić information content (AvgIpc) is 2.64. The van der Waals surface area contributed by atoms with Crippen LogP contribution in [0.1, 0.15) is 11.1 Å². The van der Waals surface area contributed by atoms with Crippen molar-refractivity contribution >= 4 is 15.9 Å². The van der Waals surface area contributed by atoms with E-state index in [1.807, 2.05) is 11.5 Å². The minimum absolute atomic E-state index is 0.287. The lowest BCUT2D eigenvalue weighted by Crippen LogP contribution is -2.43. The van der Waals surface area contributed by atoms with Crippen LogP contribution in [0.3, 0.4) is 0 Å². The maximum absolute atomic E-state index is 12.5. The van der Waals surface area contributed by atoms with Gasteiger partial charge in [-0.2, -0.15) is 18.4 Å². The first-order valence-corrected chi connectivity index (χ1v) is 8.71. The first-order valence-electron chi connectivity index (χ1n) is 7.23. The maximum atomic E-state index is 12.5. The van der Waals surface area contributed by atoms with Gasteiger partial charge < -0.3 is 4.74 Å². The van der Waals surface area contributed by atoms with Crippen molar-refractivity contribution in [3.8, 4) is 11.8 Å². The molecule has 2 aromatic carbocycles. The molecule has 0 radical (unpaired) electrons. The third-order valence-electron chi connectivity index (χ3n) is 3.17. The van der Waals surface area contributed by atoms with Crippen molar-refractivity contribution in [1.82, 2.24) is 10.3 Å². The van der Waals surface area contributed by atoms with Gasteiger partial charge >= 0.3 is 6.18 Å². The molecule has 1 amide bonds. The summed E-state index contributed by atoms with van der Waals surface area (Å²) in [5.41, 5.74) is 1.28. The second kappa shape index (κ2) is 8.07. The number of rotatable bonds is 6. The third kappa shape index (κ3) is 5.70. The van der Waals surface area contributed by atoms with Crippen LogP contribution in [0.25, 0.3) is 0 Å². The number of sulfonamides is 1. The van der Waals surface area contributed by atoms with Gasteiger partial charge in [0.15, 0.2) is 6.61 Å².